The molecule has 0 radical (unpaired) electrons. The average molecular weight is 364 g/mol. The van der Waals surface area contributed by atoms with E-state index in [-0.39, 0.29) is 17.9 Å². The smallest absolute Gasteiger partial charge is 0.239 e. The summed E-state index contributed by atoms with van der Waals surface area (Å²) in [6.07, 6.45) is 3.61. The van der Waals surface area contributed by atoms with Crippen LogP contribution >= 0.6 is 0 Å². The number of nitrogens with zero attached hydrogens (tertiary/aromatic N) is 1. The second-order valence-corrected chi connectivity index (χ2v) is 7.04. The molecule has 27 heavy (non-hydrogen) atoms. The second-order valence-electron chi connectivity index (χ2n) is 7.04. The Bertz CT molecular complexity index is 754. The number of hydrogen-bond donors (Lipinski definition) is 3. The van der Waals surface area contributed by atoms with E-state index in [1.807, 2.05) is 30.3 Å². The van der Waals surface area contributed by atoms with Gasteiger partial charge in [-0.15, -0.1) is 0 Å². The van der Waals surface area contributed by atoms with E-state index < -0.39 is 0 Å². The molecule has 0 atom stereocenters. The maximum atomic E-state index is 12.1. The Kier molecular flexibility index (Phi) is 6.47. The molecule has 2 aromatic rings. The van der Waals surface area contributed by atoms with Crippen LogP contribution in [0.3, 0.4) is 0 Å². The number of aliphatic imine (C=N–C) groups is 1. The molecule has 0 bridgehead atoms. The molecule has 0 aromatic heterocycles. The van der Waals surface area contributed by atoms with Crippen molar-refractivity contribution in [1.29, 1.82) is 0 Å². The highest BCUT2D eigenvalue weighted by Crippen LogP contribution is 2.43. The molecule has 0 unspecified atom stereocenters. The van der Waals surface area contributed by atoms with Gasteiger partial charge >= 0.3 is 0 Å². The van der Waals surface area contributed by atoms with Gasteiger partial charge in [0.25, 0.3) is 0 Å². The lowest BCUT2D eigenvalue weighted by Crippen LogP contribution is -2.50. The third kappa shape index (κ3) is 5.09. The largest absolute Gasteiger partial charge is 0.356 e. The maximum absolute atomic E-state index is 12.1. The summed E-state index contributed by atoms with van der Waals surface area (Å²) in [6, 6.07) is 20.5. The lowest BCUT2D eigenvalue weighted by atomic mass is 9.64. The molecule has 3 rings (SSSR count). The number of rotatable bonds is 7. The first-order valence-electron chi connectivity index (χ1n) is 9.52. The molecule has 0 saturated heterocycles. The van der Waals surface area contributed by atoms with E-state index in [1.165, 1.54) is 24.8 Å². The second kappa shape index (κ2) is 9.21. The zero-order valence-corrected chi connectivity index (χ0v) is 15.9. The highest BCUT2D eigenvalue weighted by Gasteiger charge is 2.38. The molecular weight excluding hydrogens is 336 g/mol. The van der Waals surface area contributed by atoms with E-state index in [9.17, 15) is 4.79 Å². The molecule has 5 nitrogen and oxygen atoms in total. The molecule has 3 N–H and O–H groups in total. The Labute approximate surface area is 161 Å². The topological polar surface area (TPSA) is 65.5 Å². The van der Waals surface area contributed by atoms with Gasteiger partial charge in [0.1, 0.15) is 0 Å². The fourth-order valence-electron chi connectivity index (χ4n) is 3.46. The molecule has 0 spiro atoms. The molecule has 142 valence electrons. The standard InChI is InChI=1S/C22H28N4O/c1-23-21(25-16-20(27)24-15-18-9-4-2-5-10-18)26-17-22(13-8-14-22)19-11-6-3-7-12-19/h2-7,9-12H,8,13-17H2,1H3,(H,24,27)(H2,23,25,26). The van der Waals surface area contributed by atoms with Gasteiger partial charge in [0, 0.05) is 25.6 Å². The summed E-state index contributed by atoms with van der Waals surface area (Å²) in [6.45, 7) is 1.55. The van der Waals surface area contributed by atoms with Crippen molar-refractivity contribution in [3.63, 3.8) is 0 Å². The van der Waals surface area contributed by atoms with E-state index >= 15 is 0 Å². The highest BCUT2D eigenvalue weighted by atomic mass is 16.1. The van der Waals surface area contributed by atoms with E-state index in [4.69, 9.17) is 0 Å². The number of benzene rings is 2. The minimum Gasteiger partial charge on any atom is -0.356 e. The highest BCUT2D eigenvalue weighted by molar-refractivity contribution is 5.86. The normalized spacial score (nSPS) is 15.5. The first-order chi connectivity index (χ1) is 13.2. The Balaban J connectivity index is 1.45. The molecule has 2 aromatic carbocycles. The average Bonchev–Trinajstić information content (AvgIpc) is 2.69. The third-order valence-corrected chi connectivity index (χ3v) is 5.26. The number of nitrogens with one attached hydrogen (secondary N) is 3. The van der Waals surface area contributed by atoms with Crippen LogP contribution in [-0.2, 0) is 16.8 Å². The lowest BCUT2D eigenvalue weighted by molar-refractivity contribution is -0.120. The predicted octanol–water partition coefficient (Wildman–Crippen LogP) is 2.59. The Hall–Kier alpha value is -2.82. The zero-order valence-electron chi connectivity index (χ0n) is 15.9. The van der Waals surface area contributed by atoms with Crippen molar-refractivity contribution in [3.05, 3.63) is 71.8 Å². The molecule has 5 heteroatoms. The van der Waals surface area contributed by atoms with Gasteiger partial charge in [0.05, 0.1) is 6.54 Å². The van der Waals surface area contributed by atoms with Gasteiger partial charge in [-0.05, 0) is 24.0 Å². The summed E-state index contributed by atoms with van der Waals surface area (Å²) in [7, 11) is 1.73. The summed E-state index contributed by atoms with van der Waals surface area (Å²) in [5, 5.41) is 9.42. The summed E-state index contributed by atoms with van der Waals surface area (Å²) in [5.74, 6) is 0.607. The van der Waals surface area contributed by atoms with Crippen molar-refractivity contribution >= 4 is 11.9 Å². The van der Waals surface area contributed by atoms with Crippen LogP contribution in [0.1, 0.15) is 30.4 Å². The Morgan fingerprint density at radius 2 is 1.63 bits per heavy atom. The lowest BCUT2D eigenvalue weighted by Gasteiger charge is -2.43. The monoisotopic (exact) mass is 364 g/mol. The van der Waals surface area contributed by atoms with Crippen molar-refractivity contribution in [1.82, 2.24) is 16.0 Å². The van der Waals surface area contributed by atoms with Crippen molar-refractivity contribution in [2.45, 2.75) is 31.2 Å². The number of carbonyl (C=O) groups is 1. The van der Waals surface area contributed by atoms with Crippen LogP contribution in [0.15, 0.2) is 65.7 Å². The number of amides is 1. The van der Waals surface area contributed by atoms with Crippen LogP contribution in [0.2, 0.25) is 0 Å². The molecule has 1 fully saturated rings. The predicted molar refractivity (Wildman–Crippen MR) is 110 cm³/mol. The zero-order chi connectivity index (χ0) is 19.0. The number of hydrogen-bond acceptors (Lipinski definition) is 2. The fourth-order valence-corrected chi connectivity index (χ4v) is 3.46. The first-order valence-corrected chi connectivity index (χ1v) is 9.52. The number of carbonyl (C=O) groups excluding carboxylic acids is 1. The van der Waals surface area contributed by atoms with Crippen LogP contribution in [-0.4, -0.2) is 32.0 Å². The van der Waals surface area contributed by atoms with E-state index in [2.05, 4.69) is 51.3 Å². The first kappa shape index (κ1) is 19.0. The van der Waals surface area contributed by atoms with Gasteiger partial charge in [0.2, 0.25) is 5.91 Å². The summed E-state index contributed by atoms with van der Waals surface area (Å²) < 4.78 is 0. The fraction of sp³-hybridized carbons (Fsp3) is 0.364. The van der Waals surface area contributed by atoms with Gasteiger partial charge in [-0.3, -0.25) is 9.79 Å². The molecule has 1 aliphatic rings. The van der Waals surface area contributed by atoms with Crippen LogP contribution in [0.25, 0.3) is 0 Å². The van der Waals surface area contributed by atoms with E-state index in [0.717, 1.165) is 12.1 Å². The van der Waals surface area contributed by atoms with Gasteiger partial charge in [0.15, 0.2) is 5.96 Å². The third-order valence-electron chi connectivity index (χ3n) is 5.26. The minimum atomic E-state index is -0.0526. The van der Waals surface area contributed by atoms with Gasteiger partial charge < -0.3 is 16.0 Å². The Morgan fingerprint density at radius 3 is 2.22 bits per heavy atom. The molecule has 0 aliphatic heterocycles. The number of guanidine groups is 1. The van der Waals surface area contributed by atoms with Gasteiger partial charge in [-0.25, -0.2) is 0 Å². The molecule has 1 amide bonds. The molecule has 1 aliphatic carbocycles. The molecular formula is C22H28N4O. The van der Waals surface area contributed by atoms with Crippen molar-refractivity contribution in [2.75, 3.05) is 20.1 Å². The van der Waals surface area contributed by atoms with Crippen LogP contribution < -0.4 is 16.0 Å². The summed E-state index contributed by atoms with van der Waals surface area (Å²) in [4.78, 5) is 16.3. The van der Waals surface area contributed by atoms with Crippen molar-refractivity contribution < 1.29 is 4.79 Å². The minimum absolute atomic E-state index is 0.0526. The summed E-state index contributed by atoms with van der Waals surface area (Å²) in [5.41, 5.74) is 2.64. The van der Waals surface area contributed by atoms with E-state index in [0.29, 0.717) is 12.5 Å². The van der Waals surface area contributed by atoms with Crippen LogP contribution in [0.4, 0.5) is 0 Å². The summed E-state index contributed by atoms with van der Waals surface area (Å²) >= 11 is 0. The van der Waals surface area contributed by atoms with Crippen molar-refractivity contribution in [3.8, 4) is 0 Å². The van der Waals surface area contributed by atoms with Gasteiger partial charge in [-0.2, -0.15) is 0 Å². The molecule has 0 heterocycles. The Morgan fingerprint density at radius 1 is 0.963 bits per heavy atom. The maximum Gasteiger partial charge on any atom is 0.239 e. The molecule has 1 saturated carbocycles. The van der Waals surface area contributed by atoms with Gasteiger partial charge in [-0.1, -0.05) is 67.1 Å². The van der Waals surface area contributed by atoms with Crippen LogP contribution in [0.5, 0.6) is 0 Å². The van der Waals surface area contributed by atoms with Crippen molar-refractivity contribution in [2.24, 2.45) is 4.99 Å². The van der Waals surface area contributed by atoms with Crippen LogP contribution in [0, 0.1) is 0 Å². The quantitative estimate of drug-likeness (QED) is 0.523. The van der Waals surface area contributed by atoms with E-state index in [1.54, 1.807) is 7.05 Å². The SMILES string of the molecule is CN=C(NCC(=O)NCc1ccccc1)NCC1(c2ccccc2)CCC1.